The minimum atomic E-state index is -0.259. The van der Waals surface area contributed by atoms with Gasteiger partial charge in [-0.15, -0.1) is 0 Å². The normalized spacial score (nSPS) is 17.0. The van der Waals surface area contributed by atoms with E-state index >= 15 is 0 Å². The average Bonchev–Trinajstić information content (AvgIpc) is 3.33. The molecule has 1 atom stereocenters. The molecule has 3 aromatic rings. The van der Waals surface area contributed by atoms with E-state index in [-0.39, 0.29) is 17.8 Å². The third kappa shape index (κ3) is 3.15. The Morgan fingerprint density at radius 3 is 2.20 bits per heavy atom. The summed E-state index contributed by atoms with van der Waals surface area (Å²) < 4.78 is 13.0. The lowest BCUT2D eigenvalue weighted by molar-refractivity contribution is 0.0786. The number of rotatable bonds is 3. The largest absolute Gasteiger partial charge is 0.336 e. The number of nitrogens with zero attached hydrogens (tertiary/aromatic N) is 4. The lowest BCUT2D eigenvalue weighted by Crippen LogP contribution is -2.29. The van der Waals surface area contributed by atoms with Crippen LogP contribution in [0.5, 0.6) is 0 Å². The van der Waals surface area contributed by atoms with Gasteiger partial charge in [0.25, 0.3) is 5.91 Å². The van der Waals surface area contributed by atoms with Crippen LogP contribution < -0.4 is 0 Å². The minimum absolute atomic E-state index is 0.0142. The summed E-state index contributed by atoms with van der Waals surface area (Å²) in [5.41, 5.74) is 2.53. The number of carbonyl (C=O) groups is 1. The van der Waals surface area contributed by atoms with Gasteiger partial charge in [0.05, 0.1) is 18.4 Å². The fourth-order valence-electron chi connectivity index (χ4n) is 3.16. The number of carbonyl (C=O) groups excluding carboxylic acids is 1. The molecule has 0 saturated carbocycles. The molecule has 2 aromatic carbocycles. The zero-order chi connectivity index (χ0) is 17.2. The van der Waals surface area contributed by atoms with Gasteiger partial charge < -0.3 is 4.90 Å². The Labute approximate surface area is 144 Å². The first-order valence-corrected chi connectivity index (χ1v) is 8.22. The SMILES string of the molecule is O=C(c1ccc(-c2ccc(F)cc2)cc1)N1CCC(n2nccn2)C1. The van der Waals surface area contributed by atoms with Crippen LogP contribution in [0, 0.1) is 5.82 Å². The Morgan fingerprint density at radius 2 is 1.56 bits per heavy atom. The molecule has 6 heteroatoms. The molecule has 0 radical (unpaired) electrons. The molecule has 0 N–H and O–H groups in total. The Kier molecular flexibility index (Phi) is 4.01. The van der Waals surface area contributed by atoms with Crippen LogP contribution in [0.4, 0.5) is 4.39 Å². The van der Waals surface area contributed by atoms with Gasteiger partial charge in [0.2, 0.25) is 0 Å². The summed E-state index contributed by atoms with van der Waals surface area (Å²) in [4.78, 5) is 16.2. The number of hydrogen-bond donors (Lipinski definition) is 0. The zero-order valence-corrected chi connectivity index (χ0v) is 13.5. The summed E-state index contributed by atoms with van der Waals surface area (Å²) in [5.74, 6) is -0.244. The second-order valence-corrected chi connectivity index (χ2v) is 6.13. The van der Waals surface area contributed by atoms with Gasteiger partial charge in [-0.3, -0.25) is 4.79 Å². The van der Waals surface area contributed by atoms with Crippen molar-refractivity contribution in [2.45, 2.75) is 12.5 Å². The molecule has 126 valence electrons. The number of amides is 1. The molecule has 1 aromatic heterocycles. The van der Waals surface area contributed by atoms with Gasteiger partial charge >= 0.3 is 0 Å². The monoisotopic (exact) mass is 336 g/mol. The molecule has 0 bridgehead atoms. The minimum Gasteiger partial charge on any atom is -0.336 e. The van der Waals surface area contributed by atoms with Crippen molar-refractivity contribution >= 4 is 5.91 Å². The number of hydrogen-bond acceptors (Lipinski definition) is 3. The molecule has 1 aliphatic rings. The first-order chi connectivity index (χ1) is 12.2. The molecule has 2 heterocycles. The Bertz CT molecular complexity index is 859. The number of likely N-dealkylation sites (tertiary alicyclic amines) is 1. The highest BCUT2D eigenvalue weighted by atomic mass is 19.1. The predicted molar refractivity (Wildman–Crippen MR) is 91.4 cm³/mol. The van der Waals surface area contributed by atoms with Crippen molar-refractivity contribution in [3.63, 3.8) is 0 Å². The molecule has 1 unspecified atom stereocenters. The van der Waals surface area contributed by atoms with E-state index in [1.54, 1.807) is 29.3 Å². The number of benzene rings is 2. The first kappa shape index (κ1) is 15.5. The summed E-state index contributed by atoms with van der Waals surface area (Å²) >= 11 is 0. The van der Waals surface area contributed by atoms with E-state index in [2.05, 4.69) is 10.2 Å². The standard InChI is InChI=1S/C19H17FN4O/c20-17-7-5-15(6-8-17)14-1-3-16(4-2-14)19(25)23-12-9-18(13-23)24-21-10-11-22-24/h1-8,10-11,18H,9,12-13H2. The van der Waals surface area contributed by atoms with Crippen LogP contribution in [0.15, 0.2) is 60.9 Å². The van der Waals surface area contributed by atoms with Crippen molar-refractivity contribution in [3.05, 3.63) is 72.3 Å². The molecule has 1 amide bonds. The molecule has 1 saturated heterocycles. The van der Waals surface area contributed by atoms with Crippen molar-refractivity contribution in [2.75, 3.05) is 13.1 Å². The molecule has 4 rings (SSSR count). The van der Waals surface area contributed by atoms with Gasteiger partial charge in [0.15, 0.2) is 0 Å². The van der Waals surface area contributed by atoms with Gasteiger partial charge in [0, 0.05) is 18.7 Å². The summed E-state index contributed by atoms with van der Waals surface area (Å²) in [7, 11) is 0. The molecule has 1 aliphatic heterocycles. The van der Waals surface area contributed by atoms with Crippen molar-refractivity contribution in [3.8, 4) is 11.1 Å². The van der Waals surface area contributed by atoms with Crippen LogP contribution >= 0.6 is 0 Å². The maximum atomic E-state index is 13.0. The topological polar surface area (TPSA) is 51.0 Å². The third-order valence-corrected chi connectivity index (χ3v) is 4.52. The summed E-state index contributed by atoms with van der Waals surface area (Å²) in [6.45, 7) is 1.32. The van der Waals surface area contributed by atoms with E-state index in [4.69, 9.17) is 0 Å². The van der Waals surface area contributed by atoms with Crippen LogP contribution in [-0.4, -0.2) is 38.9 Å². The maximum Gasteiger partial charge on any atom is 0.253 e. The molecule has 5 nitrogen and oxygen atoms in total. The highest BCUT2D eigenvalue weighted by molar-refractivity contribution is 5.94. The second kappa shape index (κ2) is 6.47. The van der Waals surface area contributed by atoms with Crippen molar-refractivity contribution in [2.24, 2.45) is 0 Å². The molecule has 0 spiro atoms. The summed E-state index contributed by atoms with van der Waals surface area (Å²) in [6.07, 6.45) is 4.16. The van der Waals surface area contributed by atoms with Crippen LogP contribution in [0.2, 0.25) is 0 Å². The van der Waals surface area contributed by atoms with Gasteiger partial charge in [-0.25, -0.2) is 4.39 Å². The maximum absolute atomic E-state index is 13.0. The Morgan fingerprint density at radius 1 is 0.960 bits per heavy atom. The van der Waals surface area contributed by atoms with Crippen LogP contribution in [-0.2, 0) is 0 Å². The van der Waals surface area contributed by atoms with Gasteiger partial charge in [-0.1, -0.05) is 24.3 Å². The van der Waals surface area contributed by atoms with Gasteiger partial charge in [-0.2, -0.15) is 15.0 Å². The quantitative estimate of drug-likeness (QED) is 0.738. The molecular weight excluding hydrogens is 319 g/mol. The molecular formula is C19H17FN4O. The van der Waals surface area contributed by atoms with Gasteiger partial charge in [-0.05, 0) is 41.8 Å². The summed E-state index contributed by atoms with van der Waals surface area (Å²) in [5, 5.41) is 8.31. The van der Waals surface area contributed by atoms with Crippen LogP contribution in [0.25, 0.3) is 11.1 Å². The van der Waals surface area contributed by atoms with Crippen LogP contribution in [0.1, 0.15) is 22.8 Å². The van der Waals surface area contributed by atoms with E-state index < -0.39 is 0 Å². The van der Waals surface area contributed by atoms with E-state index in [0.29, 0.717) is 18.7 Å². The predicted octanol–water partition coefficient (Wildman–Crippen LogP) is 3.17. The highest BCUT2D eigenvalue weighted by Crippen LogP contribution is 2.24. The van der Waals surface area contributed by atoms with E-state index in [1.807, 2.05) is 29.2 Å². The van der Waals surface area contributed by atoms with E-state index in [0.717, 1.165) is 17.5 Å². The zero-order valence-electron chi connectivity index (χ0n) is 13.5. The smallest absolute Gasteiger partial charge is 0.253 e. The van der Waals surface area contributed by atoms with Crippen molar-refractivity contribution in [1.82, 2.24) is 19.9 Å². The van der Waals surface area contributed by atoms with Crippen LogP contribution in [0.3, 0.4) is 0 Å². The lowest BCUT2D eigenvalue weighted by atomic mass is 10.0. The fraction of sp³-hybridized carbons (Fsp3) is 0.211. The fourth-order valence-corrected chi connectivity index (χ4v) is 3.16. The van der Waals surface area contributed by atoms with Gasteiger partial charge in [0.1, 0.15) is 5.82 Å². The van der Waals surface area contributed by atoms with E-state index in [9.17, 15) is 9.18 Å². The third-order valence-electron chi connectivity index (χ3n) is 4.52. The molecule has 0 aliphatic carbocycles. The van der Waals surface area contributed by atoms with Crippen molar-refractivity contribution in [1.29, 1.82) is 0 Å². The Hall–Kier alpha value is -3.02. The first-order valence-electron chi connectivity index (χ1n) is 8.22. The van der Waals surface area contributed by atoms with Crippen molar-refractivity contribution < 1.29 is 9.18 Å². The number of aromatic nitrogens is 3. The summed E-state index contributed by atoms with van der Waals surface area (Å²) in [6, 6.07) is 13.9. The van der Waals surface area contributed by atoms with E-state index in [1.165, 1.54) is 12.1 Å². The second-order valence-electron chi connectivity index (χ2n) is 6.13. The number of halogens is 1. The molecule has 25 heavy (non-hydrogen) atoms. The highest BCUT2D eigenvalue weighted by Gasteiger charge is 2.28. The lowest BCUT2D eigenvalue weighted by Gasteiger charge is -2.16. The average molecular weight is 336 g/mol. The Balaban J connectivity index is 1.47. The molecule has 1 fully saturated rings.